The van der Waals surface area contributed by atoms with E-state index in [1.807, 2.05) is 30.3 Å². The quantitative estimate of drug-likeness (QED) is 0.245. The number of carbonyl (C=O) groups excluding carboxylic acids is 1. The number of ether oxygens (including phenoxy) is 3. The first kappa shape index (κ1) is 27.9. The summed E-state index contributed by atoms with van der Waals surface area (Å²) in [4.78, 5) is 20.3. The Morgan fingerprint density at radius 1 is 1.02 bits per heavy atom. The van der Waals surface area contributed by atoms with Crippen molar-refractivity contribution >= 4 is 27.6 Å². The van der Waals surface area contributed by atoms with Crippen LogP contribution in [0.4, 0.5) is 4.39 Å². The number of hydrogen-bond acceptors (Lipinski definition) is 6. The van der Waals surface area contributed by atoms with Gasteiger partial charge in [-0.25, -0.2) is 4.39 Å². The molecule has 0 aliphatic carbocycles. The minimum Gasteiger partial charge on any atom is -0.497 e. The molecule has 0 fully saturated rings. The fourth-order valence-electron chi connectivity index (χ4n) is 4.88. The Bertz CT molecular complexity index is 1700. The molecule has 0 spiro atoms. The summed E-state index contributed by atoms with van der Waals surface area (Å²) in [5.41, 5.74) is 3.52. The summed E-state index contributed by atoms with van der Waals surface area (Å²) in [5.74, 6) is 0.552. The number of fused-ring (bicyclic) bond motifs is 2. The molecule has 8 nitrogen and oxygen atoms in total. The predicted octanol–water partition coefficient (Wildman–Crippen LogP) is 5.47. The molecule has 5 aromatic rings. The fourth-order valence-corrected chi connectivity index (χ4v) is 4.88. The van der Waals surface area contributed by atoms with Crippen molar-refractivity contribution < 1.29 is 28.5 Å². The van der Waals surface area contributed by atoms with Crippen LogP contribution >= 0.6 is 0 Å². The summed E-state index contributed by atoms with van der Waals surface area (Å²) in [6.07, 6.45) is 3.95. The molecule has 5 rings (SSSR count). The van der Waals surface area contributed by atoms with Crippen molar-refractivity contribution in [2.45, 2.75) is 13.0 Å². The molecule has 0 unspecified atom stereocenters. The summed E-state index contributed by atoms with van der Waals surface area (Å²) >= 11 is 0. The number of nitrogens with zero attached hydrogens (tertiary/aromatic N) is 3. The number of carbonyl (C=O) groups is 1. The molecule has 0 saturated carbocycles. The number of likely N-dealkylation sites (N-methyl/N-ethyl adjacent to an activating group) is 1. The number of hydrogen-bond donors (Lipinski definition) is 1. The van der Waals surface area contributed by atoms with E-state index in [1.165, 1.54) is 12.1 Å². The molecule has 0 radical (unpaired) electrons. The highest BCUT2D eigenvalue weighted by Gasteiger charge is 2.27. The molecule has 1 N–H and O–H groups in total. The number of methoxy groups -OCH3 is 2. The van der Waals surface area contributed by atoms with Crippen LogP contribution in [0.5, 0.6) is 17.4 Å². The van der Waals surface area contributed by atoms with E-state index in [2.05, 4.69) is 0 Å². The predicted molar refractivity (Wildman–Crippen MR) is 155 cm³/mol. The first-order valence-corrected chi connectivity index (χ1v) is 13.2. The van der Waals surface area contributed by atoms with Crippen molar-refractivity contribution in [2.75, 3.05) is 34.4 Å². The van der Waals surface area contributed by atoms with Crippen molar-refractivity contribution in [3.8, 4) is 17.4 Å². The van der Waals surface area contributed by atoms with Crippen LogP contribution in [0.2, 0.25) is 0 Å². The van der Waals surface area contributed by atoms with Gasteiger partial charge < -0.3 is 28.8 Å². The fraction of sp³-hybridized carbons (Fsp3) is 0.250. The lowest BCUT2D eigenvalue weighted by molar-refractivity contribution is 0.0748. The standard InChI is InChI=1S/C32H32FN3O5/c1-35(13-14-39-3)31(37)27-25-16-22(15-20-5-9-23(33)10-6-20)17-34-29(25)30(28-26(27)18-36(2)32(28)38)41-19-21-7-11-24(40-4)12-8-21/h5-12,16-18,38H,13-15,19H2,1-4H3. The van der Waals surface area contributed by atoms with E-state index in [4.69, 9.17) is 19.2 Å². The Kier molecular flexibility index (Phi) is 8.07. The number of benzene rings is 3. The average molecular weight is 558 g/mol. The van der Waals surface area contributed by atoms with E-state index in [1.54, 1.807) is 62.3 Å². The number of pyridine rings is 1. The molecule has 0 atom stereocenters. The van der Waals surface area contributed by atoms with Gasteiger partial charge in [-0.2, -0.15) is 0 Å². The summed E-state index contributed by atoms with van der Waals surface area (Å²) < 4.78 is 31.9. The maximum absolute atomic E-state index is 13.9. The molecule has 41 heavy (non-hydrogen) atoms. The number of rotatable bonds is 10. The lowest BCUT2D eigenvalue weighted by atomic mass is 9.97. The lowest BCUT2D eigenvalue weighted by Gasteiger charge is -2.20. The maximum Gasteiger partial charge on any atom is 0.255 e. The van der Waals surface area contributed by atoms with E-state index >= 15 is 0 Å². The Morgan fingerprint density at radius 2 is 1.73 bits per heavy atom. The third-order valence-electron chi connectivity index (χ3n) is 7.13. The molecule has 2 aromatic heterocycles. The van der Waals surface area contributed by atoms with Crippen molar-refractivity contribution in [1.82, 2.24) is 14.5 Å². The molecular formula is C32H32FN3O5. The van der Waals surface area contributed by atoms with E-state index in [0.29, 0.717) is 52.6 Å². The molecular weight excluding hydrogens is 525 g/mol. The van der Waals surface area contributed by atoms with Crippen molar-refractivity contribution in [3.63, 3.8) is 0 Å². The molecule has 1 amide bonds. The number of aromatic hydroxyl groups is 1. The van der Waals surface area contributed by atoms with E-state index < -0.39 is 0 Å². The van der Waals surface area contributed by atoms with E-state index in [-0.39, 0.29) is 24.2 Å². The molecule has 0 saturated heterocycles. The Balaban J connectivity index is 1.68. The summed E-state index contributed by atoms with van der Waals surface area (Å²) in [5, 5.41) is 12.7. The largest absolute Gasteiger partial charge is 0.497 e. The van der Waals surface area contributed by atoms with Crippen LogP contribution in [-0.4, -0.2) is 59.9 Å². The highest BCUT2D eigenvalue weighted by Crippen LogP contribution is 2.43. The summed E-state index contributed by atoms with van der Waals surface area (Å²) in [6, 6.07) is 15.7. The molecule has 3 aromatic carbocycles. The Labute approximate surface area is 237 Å². The van der Waals surface area contributed by atoms with Crippen molar-refractivity contribution in [1.29, 1.82) is 0 Å². The van der Waals surface area contributed by atoms with Crippen LogP contribution in [0, 0.1) is 5.82 Å². The molecule has 212 valence electrons. The third kappa shape index (κ3) is 5.67. The highest BCUT2D eigenvalue weighted by atomic mass is 19.1. The van der Waals surface area contributed by atoms with E-state index in [0.717, 1.165) is 22.4 Å². The second-order valence-corrected chi connectivity index (χ2v) is 9.96. The third-order valence-corrected chi connectivity index (χ3v) is 7.13. The number of aryl methyl sites for hydroxylation is 1. The minimum absolute atomic E-state index is 0.0302. The topological polar surface area (TPSA) is 86.1 Å². The Morgan fingerprint density at radius 3 is 2.41 bits per heavy atom. The first-order chi connectivity index (χ1) is 19.8. The van der Waals surface area contributed by atoms with Gasteiger partial charge in [-0.3, -0.25) is 9.78 Å². The maximum atomic E-state index is 13.9. The van der Waals surface area contributed by atoms with Crippen LogP contribution in [0.1, 0.15) is 27.0 Å². The molecule has 0 aliphatic heterocycles. The van der Waals surface area contributed by atoms with Crippen LogP contribution in [0.15, 0.2) is 67.0 Å². The summed E-state index contributed by atoms with van der Waals surface area (Å²) in [7, 11) is 6.62. The minimum atomic E-state index is -0.303. The monoisotopic (exact) mass is 557 g/mol. The van der Waals surface area contributed by atoms with Crippen LogP contribution < -0.4 is 9.47 Å². The second kappa shape index (κ2) is 11.9. The van der Waals surface area contributed by atoms with Gasteiger partial charge >= 0.3 is 0 Å². The average Bonchev–Trinajstić information content (AvgIpc) is 3.28. The van der Waals surface area contributed by atoms with Crippen LogP contribution in [-0.2, 0) is 24.8 Å². The number of aromatic nitrogens is 2. The molecule has 9 heteroatoms. The van der Waals surface area contributed by atoms with Crippen molar-refractivity contribution in [2.24, 2.45) is 7.05 Å². The smallest absolute Gasteiger partial charge is 0.255 e. The van der Waals surface area contributed by atoms with Gasteiger partial charge in [0.05, 0.1) is 24.7 Å². The van der Waals surface area contributed by atoms with Gasteiger partial charge in [0.1, 0.15) is 23.7 Å². The lowest BCUT2D eigenvalue weighted by Crippen LogP contribution is -2.30. The van der Waals surface area contributed by atoms with Crippen LogP contribution in [0.3, 0.4) is 0 Å². The molecule has 2 heterocycles. The zero-order valence-corrected chi connectivity index (χ0v) is 23.5. The van der Waals surface area contributed by atoms with Gasteiger partial charge in [-0.05, 0) is 53.4 Å². The van der Waals surface area contributed by atoms with Gasteiger partial charge in [-0.1, -0.05) is 24.3 Å². The molecule has 0 aliphatic rings. The van der Waals surface area contributed by atoms with Crippen molar-refractivity contribution in [3.05, 3.63) is 95.1 Å². The van der Waals surface area contributed by atoms with Gasteiger partial charge in [0.25, 0.3) is 5.91 Å². The second-order valence-electron chi connectivity index (χ2n) is 9.96. The summed E-state index contributed by atoms with van der Waals surface area (Å²) in [6.45, 7) is 0.971. The normalized spacial score (nSPS) is 11.2. The zero-order valence-electron chi connectivity index (χ0n) is 23.5. The number of halogens is 1. The van der Waals surface area contributed by atoms with Crippen LogP contribution in [0.25, 0.3) is 21.7 Å². The highest BCUT2D eigenvalue weighted by molar-refractivity contribution is 6.21. The number of amides is 1. The van der Waals surface area contributed by atoms with Gasteiger partial charge in [0.2, 0.25) is 5.88 Å². The zero-order chi connectivity index (χ0) is 29.1. The van der Waals surface area contributed by atoms with Gasteiger partial charge in [-0.15, -0.1) is 0 Å². The Hall–Kier alpha value is -4.63. The molecule has 0 bridgehead atoms. The van der Waals surface area contributed by atoms with Gasteiger partial charge in [0.15, 0.2) is 5.75 Å². The first-order valence-electron chi connectivity index (χ1n) is 13.2. The van der Waals surface area contributed by atoms with E-state index in [9.17, 15) is 14.3 Å². The van der Waals surface area contributed by atoms with Gasteiger partial charge in [0, 0.05) is 50.9 Å². The SMILES string of the molecule is COCCN(C)C(=O)c1c2cc(Cc3ccc(F)cc3)cnc2c(OCc2ccc(OC)cc2)c2c(O)n(C)cc12.